The van der Waals surface area contributed by atoms with Gasteiger partial charge in [0, 0.05) is 29.4 Å². The molecule has 0 aliphatic carbocycles. The lowest BCUT2D eigenvalue weighted by atomic mass is 10.1. The molecule has 2 amide bonds. The Morgan fingerprint density at radius 2 is 1.63 bits per heavy atom. The van der Waals surface area contributed by atoms with E-state index in [2.05, 4.69) is 10.6 Å². The number of hydrogen-bond acceptors (Lipinski definition) is 6. The molecule has 0 saturated heterocycles. The molecule has 2 N–H and O–H groups in total. The van der Waals surface area contributed by atoms with Crippen molar-refractivity contribution in [3.63, 3.8) is 0 Å². The maximum Gasteiger partial charge on any atom is 0.513 e. The second-order valence-corrected chi connectivity index (χ2v) is 7.21. The maximum absolute atomic E-state index is 12.6. The van der Waals surface area contributed by atoms with Gasteiger partial charge in [-0.05, 0) is 55.0 Å². The van der Waals surface area contributed by atoms with E-state index in [1.165, 1.54) is 18.2 Å². The molecule has 0 fully saturated rings. The first-order valence-electron chi connectivity index (χ1n) is 10.9. The summed E-state index contributed by atoms with van der Waals surface area (Å²) in [5.41, 5.74) is 2.50. The average molecular weight is 475 g/mol. The topological polar surface area (TPSA) is 103 Å². The normalized spacial score (nSPS) is 10.5. The van der Waals surface area contributed by atoms with Crippen LogP contribution in [0.15, 0.2) is 78.9 Å². The molecule has 0 aromatic heterocycles. The summed E-state index contributed by atoms with van der Waals surface area (Å²) in [6, 6.07) is 20.7. The number of benzene rings is 3. The van der Waals surface area contributed by atoms with Gasteiger partial charge in [-0.25, -0.2) is 4.79 Å². The van der Waals surface area contributed by atoms with Gasteiger partial charge in [0.2, 0.25) is 5.91 Å². The van der Waals surface area contributed by atoms with Crippen molar-refractivity contribution in [2.45, 2.75) is 13.5 Å². The summed E-state index contributed by atoms with van der Waals surface area (Å²) >= 11 is 0. The number of anilines is 1. The number of para-hydroxylation sites is 2. The molecule has 0 bridgehead atoms. The Bertz CT molecular complexity index is 1200. The number of methoxy groups -OCH3 is 1. The number of rotatable bonds is 9. The van der Waals surface area contributed by atoms with Gasteiger partial charge in [-0.3, -0.25) is 9.59 Å². The Hall–Kier alpha value is -4.59. The van der Waals surface area contributed by atoms with Crippen LogP contribution >= 0.6 is 0 Å². The smallest absolute Gasteiger partial charge is 0.496 e. The van der Waals surface area contributed by atoms with Crippen molar-refractivity contribution in [1.82, 2.24) is 5.32 Å². The summed E-state index contributed by atoms with van der Waals surface area (Å²) < 4.78 is 15.0. The number of carbonyl (C=O) groups excluding carboxylic acids is 3. The molecule has 0 spiro atoms. The fraction of sp³-hybridized carbons (Fsp3) is 0.148. The van der Waals surface area contributed by atoms with E-state index >= 15 is 0 Å². The zero-order valence-corrected chi connectivity index (χ0v) is 19.4. The molecule has 3 rings (SSSR count). The third-order valence-corrected chi connectivity index (χ3v) is 4.85. The van der Waals surface area contributed by atoms with Crippen molar-refractivity contribution in [2.75, 3.05) is 19.0 Å². The van der Waals surface area contributed by atoms with Crippen LogP contribution in [0.2, 0.25) is 0 Å². The van der Waals surface area contributed by atoms with Crippen LogP contribution < -0.4 is 20.1 Å². The van der Waals surface area contributed by atoms with Crippen LogP contribution in [0.3, 0.4) is 0 Å². The van der Waals surface area contributed by atoms with Crippen LogP contribution in [0.5, 0.6) is 11.5 Å². The number of nitrogens with one attached hydrogen (secondary N) is 2. The first-order chi connectivity index (χ1) is 17.0. The van der Waals surface area contributed by atoms with Crippen molar-refractivity contribution in [2.24, 2.45) is 0 Å². The highest BCUT2D eigenvalue weighted by Gasteiger charge is 2.10. The summed E-state index contributed by atoms with van der Waals surface area (Å²) in [5, 5.41) is 5.66. The van der Waals surface area contributed by atoms with Gasteiger partial charge in [-0.1, -0.05) is 36.4 Å². The fourth-order valence-corrected chi connectivity index (χ4v) is 3.14. The fourth-order valence-electron chi connectivity index (χ4n) is 3.14. The molecule has 0 aliphatic heterocycles. The third-order valence-electron chi connectivity index (χ3n) is 4.85. The van der Waals surface area contributed by atoms with E-state index in [1.54, 1.807) is 44.4 Å². The van der Waals surface area contributed by atoms with Crippen molar-refractivity contribution in [1.29, 1.82) is 0 Å². The highest BCUT2D eigenvalue weighted by atomic mass is 16.7. The summed E-state index contributed by atoms with van der Waals surface area (Å²) in [7, 11) is 1.57. The number of ether oxygens (including phenoxy) is 3. The third kappa shape index (κ3) is 7.46. The highest BCUT2D eigenvalue weighted by molar-refractivity contribution is 6.02. The number of hydrogen-bond donors (Lipinski definition) is 2. The van der Waals surface area contributed by atoms with E-state index in [1.807, 2.05) is 36.4 Å². The van der Waals surface area contributed by atoms with Gasteiger partial charge in [0.15, 0.2) is 0 Å². The zero-order chi connectivity index (χ0) is 25.0. The van der Waals surface area contributed by atoms with Gasteiger partial charge >= 0.3 is 6.16 Å². The highest BCUT2D eigenvalue weighted by Crippen LogP contribution is 2.20. The van der Waals surface area contributed by atoms with E-state index in [4.69, 9.17) is 14.2 Å². The SMILES string of the molecule is CCOC(=O)Oc1ccc(C(=O)NCc2ccccc2NC(=O)/C=C/c2ccccc2OC)cc1. The van der Waals surface area contributed by atoms with Crippen LogP contribution in [-0.4, -0.2) is 31.7 Å². The van der Waals surface area contributed by atoms with E-state index in [-0.39, 0.29) is 30.7 Å². The quantitative estimate of drug-likeness (QED) is 0.262. The predicted octanol–water partition coefficient (Wildman–Crippen LogP) is 4.81. The van der Waals surface area contributed by atoms with Gasteiger partial charge in [0.25, 0.3) is 5.91 Å². The van der Waals surface area contributed by atoms with Crippen LogP contribution in [0.25, 0.3) is 6.08 Å². The lowest BCUT2D eigenvalue weighted by Crippen LogP contribution is -2.23. The minimum atomic E-state index is -0.805. The summed E-state index contributed by atoms with van der Waals surface area (Å²) in [4.78, 5) is 36.4. The first kappa shape index (κ1) is 25.0. The molecule has 0 heterocycles. The molecule has 180 valence electrons. The Labute approximate surface area is 203 Å². The minimum absolute atomic E-state index is 0.201. The first-order valence-corrected chi connectivity index (χ1v) is 10.9. The number of amides is 2. The second kappa shape index (κ2) is 12.6. The largest absolute Gasteiger partial charge is 0.513 e. The van der Waals surface area contributed by atoms with Crippen LogP contribution in [-0.2, 0) is 16.1 Å². The zero-order valence-electron chi connectivity index (χ0n) is 19.4. The van der Waals surface area contributed by atoms with Crippen LogP contribution in [0.1, 0.15) is 28.4 Å². The lowest BCUT2D eigenvalue weighted by Gasteiger charge is -2.11. The second-order valence-electron chi connectivity index (χ2n) is 7.21. The summed E-state index contributed by atoms with van der Waals surface area (Å²) in [5.74, 6) is 0.311. The lowest BCUT2D eigenvalue weighted by molar-refractivity contribution is -0.111. The van der Waals surface area contributed by atoms with Crippen molar-refractivity contribution in [3.05, 3.63) is 95.6 Å². The van der Waals surface area contributed by atoms with Gasteiger partial charge < -0.3 is 24.8 Å². The van der Waals surface area contributed by atoms with Gasteiger partial charge in [-0.2, -0.15) is 0 Å². The maximum atomic E-state index is 12.6. The van der Waals surface area contributed by atoms with Crippen molar-refractivity contribution < 1.29 is 28.6 Å². The van der Waals surface area contributed by atoms with Gasteiger partial charge in [-0.15, -0.1) is 0 Å². The Kier molecular flexibility index (Phi) is 9.01. The molecule has 0 atom stereocenters. The minimum Gasteiger partial charge on any atom is -0.496 e. The Balaban J connectivity index is 1.59. The van der Waals surface area contributed by atoms with Gasteiger partial charge in [0.1, 0.15) is 11.5 Å². The molecular weight excluding hydrogens is 448 g/mol. The molecule has 8 nitrogen and oxygen atoms in total. The predicted molar refractivity (Wildman–Crippen MR) is 132 cm³/mol. The standard InChI is InChI=1S/C27H26N2O6/c1-3-34-27(32)35-22-15-12-20(13-16-22)26(31)28-18-21-9-4-6-10-23(21)29-25(30)17-14-19-8-5-7-11-24(19)33-2/h4-17H,3,18H2,1-2H3,(H,28,31)(H,29,30)/b17-14+. The Morgan fingerprint density at radius 3 is 2.37 bits per heavy atom. The van der Waals surface area contributed by atoms with E-state index in [9.17, 15) is 14.4 Å². The molecule has 0 aliphatic rings. The summed E-state index contributed by atoms with van der Waals surface area (Å²) in [6.07, 6.45) is 2.29. The van der Waals surface area contributed by atoms with E-state index in [0.717, 1.165) is 11.1 Å². The van der Waals surface area contributed by atoms with Gasteiger partial charge in [0.05, 0.1) is 13.7 Å². The molecule has 35 heavy (non-hydrogen) atoms. The monoisotopic (exact) mass is 474 g/mol. The van der Waals surface area contributed by atoms with Crippen LogP contribution in [0, 0.1) is 0 Å². The molecule has 8 heteroatoms. The molecule has 0 unspecified atom stereocenters. The average Bonchev–Trinajstić information content (AvgIpc) is 2.87. The summed E-state index contributed by atoms with van der Waals surface area (Å²) in [6.45, 7) is 2.09. The molecule has 0 radical (unpaired) electrons. The van der Waals surface area contributed by atoms with Crippen LogP contribution in [0.4, 0.5) is 10.5 Å². The number of carbonyl (C=O) groups is 3. The van der Waals surface area contributed by atoms with E-state index in [0.29, 0.717) is 17.0 Å². The molecular formula is C27H26N2O6. The Morgan fingerprint density at radius 1 is 0.914 bits per heavy atom. The van der Waals surface area contributed by atoms with E-state index < -0.39 is 6.16 Å². The molecule has 3 aromatic rings. The molecule has 0 saturated carbocycles. The van der Waals surface area contributed by atoms with Crippen molar-refractivity contribution >= 4 is 29.7 Å². The van der Waals surface area contributed by atoms with Crippen molar-refractivity contribution in [3.8, 4) is 11.5 Å². The molecule has 3 aromatic carbocycles.